The fourth-order valence-corrected chi connectivity index (χ4v) is 2.20. The maximum atomic E-state index is 11.3. The van der Waals surface area contributed by atoms with Crippen LogP contribution >= 0.6 is 0 Å². The van der Waals surface area contributed by atoms with Crippen LogP contribution in [-0.4, -0.2) is 12.3 Å². The van der Waals surface area contributed by atoms with Crippen molar-refractivity contribution in [2.24, 2.45) is 5.92 Å². The van der Waals surface area contributed by atoms with Crippen molar-refractivity contribution in [1.82, 2.24) is 0 Å². The van der Waals surface area contributed by atoms with Crippen LogP contribution in [0.15, 0.2) is 18.2 Å². The molecule has 0 saturated heterocycles. The lowest BCUT2D eigenvalue weighted by atomic mass is 9.99. The number of hydrogen-bond acceptors (Lipinski definition) is 3. The lowest BCUT2D eigenvalue weighted by Gasteiger charge is -2.16. The number of rotatable bonds is 8. The van der Waals surface area contributed by atoms with Gasteiger partial charge < -0.3 is 11.1 Å². The molecule has 3 N–H and O–H groups in total. The van der Waals surface area contributed by atoms with Crippen molar-refractivity contribution >= 4 is 17.2 Å². The fraction of sp³-hybridized carbons (Fsp3) is 0.562. The molecule has 3 heteroatoms. The van der Waals surface area contributed by atoms with E-state index in [1.165, 1.54) is 32.6 Å². The van der Waals surface area contributed by atoms with Crippen LogP contribution in [-0.2, 0) is 0 Å². The Kier molecular flexibility index (Phi) is 6.40. The van der Waals surface area contributed by atoms with Crippen LogP contribution in [0.2, 0.25) is 0 Å². The van der Waals surface area contributed by atoms with E-state index in [-0.39, 0.29) is 5.78 Å². The molecule has 19 heavy (non-hydrogen) atoms. The number of benzene rings is 1. The summed E-state index contributed by atoms with van der Waals surface area (Å²) in [5.41, 5.74) is 8.03. The van der Waals surface area contributed by atoms with Gasteiger partial charge in [-0.25, -0.2) is 0 Å². The molecular formula is C16H26N2O. The molecule has 0 spiro atoms. The summed E-state index contributed by atoms with van der Waals surface area (Å²) in [4.78, 5) is 11.3. The number of nitrogens with two attached hydrogens (primary N) is 1. The lowest BCUT2D eigenvalue weighted by Crippen LogP contribution is -2.14. The highest BCUT2D eigenvalue weighted by molar-refractivity contribution is 5.99. The van der Waals surface area contributed by atoms with E-state index in [9.17, 15) is 4.79 Å². The molecule has 0 saturated carbocycles. The molecule has 0 heterocycles. The zero-order valence-corrected chi connectivity index (χ0v) is 12.3. The summed E-state index contributed by atoms with van der Waals surface area (Å²) in [6.07, 6.45) is 4.98. The number of carbonyl (C=O) groups excluding carboxylic acids is 1. The molecule has 1 aromatic rings. The van der Waals surface area contributed by atoms with Gasteiger partial charge in [0, 0.05) is 23.5 Å². The average Bonchev–Trinajstić information content (AvgIpc) is 2.38. The number of unbranched alkanes of at least 4 members (excludes halogenated alkanes) is 1. The van der Waals surface area contributed by atoms with Gasteiger partial charge in [0.1, 0.15) is 0 Å². The van der Waals surface area contributed by atoms with Crippen LogP contribution in [0.4, 0.5) is 11.4 Å². The Morgan fingerprint density at radius 3 is 2.63 bits per heavy atom. The Morgan fingerprint density at radius 2 is 2.11 bits per heavy atom. The van der Waals surface area contributed by atoms with Gasteiger partial charge in [-0.2, -0.15) is 0 Å². The van der Waals surface area contributed by atoms with E-state index in [0.717, 1.165) is 12.2 Å². The van der Waals surface area contributed by atoms with Crippen LogP contribution < -0.4 is 11.1 Å². The summed E-state index contributed by atoms with van der Waals surface area (Å²) in [6.45, 7) is 6.96. The monoisotopic (exact) mass is 262 g/mol. The van der Waals surface area contributed by atoms with Crippen molar-refractivity contribution in [3.8, 4) is 0 Å². The first-order valence-corrected chi connectivity index (χ1v) is 7.22. The number of ketones is 1. The second kappa shape index (κ2) is 7.82. The molecule has 0 amide bonds. The predicted molar refractivity (Wildman–Crippen MR) is 82.7 cm³/mol. The highest BCUT2D eigenvalue weighted by Crippen LogP contribution is 2.20. The highest BCUT2D eigenvalue weighted by atomic mass is 16.1. The molecular weight excluding hydrogens is 236 g/mol. The minimum absolute atomic E-state index is 0.0124. The molecule has 1 aromatic carbocycles. The molecule has 0 fully saturated rings. The first-order chi connectivity index (χ1) is 9.08. The maximum absolute atomic E-state index is 11.3. The molecule has 0 radical (unpaired) electrons. The van der Waals surface area contributed by atoms with E-state index in [1.807, 2.05) is 12.1 Å². The molecule has 1 rings (SSSR count). The summed E-state index contributed by atoms with van der Waals surface area (Å²) in [6, 6.07) is 5.58. The molecule has 1 atom stereocenters. The first-order valence-electron chi connectivity index (χ1n) is 7.22. The summed E-state index contributed by atoms with van der Waals surface area (Å²) in [5.74, 6) is 0.715. The van der Waals surface area contributed by atoms with E-state index in [4.69, 9.17) is 5.73 Å². The van der Waals surface area contributed by atoms with E-state index in [0.29, 0.717) is 17.2 Å². The van der Waals surface area contributed by atoms with Crippen LogP contribution in [0.5, 0.6) is 0 Å². The molecule has 0 aliphatic carbocycles. The SMILES string of the molecule is CCCCC(CC)CNc1ccc(C(C)=O)c(N)c1. The minimum atomic E-state index is 0.0124. The number of carbonyl (C=O) groups is 1. The Morgan fingerprint density at radius 1 is 1.37 bits per heavy atom. The zero-order valence-electron chi connectivity index (χ0n) is 12.3. The summed E-state index contributed by atoms with van der Waals surface area (Å²) in [7, 11) is 0. The fourth-order valence-electron chi connectivity index (χ4n) is 2.20. The molecule has 106 valence electrons. The van der Waals surface area contributed by atoms with E-state index in [1.54, 1.807) is 6.07 Å². The third kappa shape index (κ3) is 4.93. The predicted octanol–water partition coefficient (Wildman–Crippen LogP) is 4.10. The Bertz CT molecular complexity index is 415. The quantitative estimate of drug-likeness (QED) is 0.548. The first kappa shape index (κ1) is 15.5. The van der Waals surface area contributed by atoms with Crippen molar-refractivity contribution in [1.29, 1.82) is 0 Å². The van der Waals surface area contributed by atoms with Crippen LogP contribution in [0, 0.1) is 5.92 Å². The molecule has 0 aliphatic rings. The van der Waals surface area contributed by atoms with Gasteiger partial charge in [0.2, 0.25) is 0 Å². The summed E-state index contributed by atoms with van der Waals surface area (Å²) < 4.78 is 0. The normalized spacial score (nSPS) is 12.2. The number of hydrogen-bond donors (Lipinski definition) is 2. The van der Waals surface area contributed by atoms with Gasteiger partial charge in [-0.3, -0.25) is 4.79 Å². The van der Waals surface area contributed by atoms with E-state index >= 15 is 0 Å². The third-order valence-corrected chi connectivity index (χ3v) is 3.57. The molecule has 0 aliphatic heterocycles. The van der Waals surface area contributed by atoms with Crippen LogP contribution in [0.1, 0.15) is 56.8 Å². The molecule has 0 bridgehead atoms. The molecule has 0 aromatic heterocycles. The minimum Gasteiger partial charge on any atom is -0.398 e. The van der Waals surface area contributed by atoms with Gasteiger partial charge in [0.25, 0.3) is 0 Å². The zero-order chi connectivity index (χ0) is 14.3. The van der Waals surface area contributed by atoms with Gasteiger partial charge in [0.15, 0.2) is 5.78 Å². The van der Waals surface area contributed by atoms with Crippen molar-refractivity contribution in [2.75, 3.05) is 17.6 Å². The molecule has 3 nitrogen and oxygen atoms in total. The smallest absolute Gasteiger partial charge is 0.161 e. The van der Waals surface area contributed by atoms with E-state index < -0.39 is 0 Å². The van der Waals surface area contributed by atoms with Crippen molar-refractivity contribution in [3.63, 3.8) is 0 Å². The summed E-state index contributed by atoms with van der Waals surface area (Å²) >= 11 is 0. The van der Waals surface area contributed by atoms with Crippen LogP contribution in [0.3, 0.4) is 0 Å². The van der Waals surface area contributed by atoms with Crippen molar-refractivity contribution < 1.29 is 4.79 Å². The Hall–Kier alpha value is -1.51. The number of nitrogens with one attached hydrogen (secondary N) is 1. The number of Topliss-reactive ketones (excluding diaryl/α,β-unsaturated/α-hetero) is 1. The van der Waals surface area contributed by atoms with Gasteiger partial charge in [-0.1, -0.05) is 33.1 Å². The average molecular weight is 262 g/mol. The van der Waals surface area contributed by atoms with Crippen LogP contribution in [0.25, 0.3) is 0 Å². The lowest BCUT2D eigenvalue weighted by molar-refractivity contribution is 0.101. The van der Waals surface area contributed by atoms with Gasteiger partial charge in [-0.05, 0) is 37.5 Å². The maximum Gasteiger partial charge on any atom is 0.161 e. The number of anilines is 2. The van der Waals surface area contributed by atoms with Gasteiger partial charge in [-0.15, -0.1) is 0 Å². The summed E-state index contributed by atoms with van der Waals surface area (Å²) in [5, 5.41) is 3.42. The van der Waals surface area contributed by atoms with Crippen molar-refractivity contribution in [3.05, 3.63) is 23.8 Å². The van der Waals surface area contributed by atoms with Gasteiger partial charge in [0.05, 0.1) is 0 Å². The van der Waals surface area contributed by atoms with E-state index in [2.05, 4.69) is 19.2 Å². The second-order valence-electron chi connectivity index (χ2n) is 5.16. The Labute approximate surface area is 116 Å². The highest BCUT2D eigenvalue weighted by Gasteiger charge is 2.08. The largest absolute Gasteiger partial charge is 0.398 e. The second-order valence-corrected chi connectivity index (χ2v) is 5.16. The third-order valence-electron chi connectivity index (χ3n) is 3.57. The molecule has 1 unspecified atom stereocenters. The van der Waals surface area contributed by atoms with Gasteiger partial charge >= 0.3 is 0 Å². The standard InChI is InChI=1S/C16H26N2O/c1-4-6-7-13(5-2)11-18-14-8-9-15(12(3)19)16(17)10-14/h8-10,13,18H,4-7,11,17H2,1-3H3. The number of nitrogen functional groups attached to an aromatic ring is 1. The Balaban J connectivity index is 2.57. The topological polar surface area (TPSA) is 55.1 Å². The van der Waals surface area contributed by atoms with Crippen molar-refractivity contribution in [2.45, 2.75) is 46.5 Å².